The van der Waals surface area contributed by atoms with E-state index in [0.717, 1.165) is 35.5 Å². The smallest absolute Gasteiger partial charge is 0.222 e. The van der Waals surface area contributed by atoms with Crippen molar-refractivity contribution in [3.63, 3.8) is 0 Å². The van der Waals surface area contributed by atoms with Gasteiger partial charge >= 0.3 is 0 Å². The summed E-state index contributed by atoms with van der Waals surface area (Å²) in [6, 6.07) is 6.41. The van der Waals surface area contributed by atoms with E-state index in [4.69, 9.17) is 4.74 Å². The van der Waals surface area contributed by atoms with E-state index in [1.165, 1.54) is 0 Å². The number of nitrogens with zero attached hydrogens (tertiary/aromatic N) is 3. The van der Waals surface area contributed by atoms with Gasteiger partial charge in [0.15, 0.2) is 0 Å². The number of rotatable bonds is 7. The van der Waals surface area contributed by atoms with E-state index < -0.39 is 0 Å². The molecule has 25 heavy (non-hydrogen) atoms. The van der Waals surface area contributed by atoms with Gasteiger partial charge < -0.3 is 15.0 Å². The number of amides is 1. The third-order valence-electron chi connectivity index (χ3n) is 4.33. The minimum Gasteiger partial charge on any atom is -0.490 e. The van der Waals surface area contributed by atoms with Crippen molar-refractivity contribution in [1.82, 2.24) is 20.2 Å². The average Bonchev–Trinajstić information content (AvgIpc) is 2.59. The van der Waals surface area contributed by atoms with Crippen LogP contribution in [-0.2, 0) is 11.2 Å². The maximum Gasteiger partial charge on any atom is 0.222 e. The first kappa shape index (κ1) is 17.4. The first-order valence-electron chi connectivity index (χ1n) is 8.58. The number of aryl methyl sites for hydroxylation is 1. The second kappa shape index (κ2) is 8.07. The number of nitrogens with one attached hydrogen (secondary N) is 1. The fraction of sp³-hybridized carbons (Fsp3) is 0.421. The quantitative estimate of drug-likeness (QED) is 0.834. The van der Waals surface area contributed by atoms with Crippen LogP contribution in [0.4, 0.5) is 0 Å². The van der Waals surface area contributed by atoms with Crippen molar-refractivity contribution in [2.24, 2.45) is 0 Å². The minimum absolute atomic E-state index is 0.105. The number of ether oxygens (including phenoxy) is 1. The SMILES string of the molecule is CN(C)C(=O)CCc1cc(-c2cncc(OC[C@@H]3CCN3)c2)ccn1. The van der Waals surface area contributed by atoms with Crippen molar-refractivity contribution >= 4 is 5.91 Å². The second-order valence-corrected chi connectivity index (χ2v) is 6.48. The highest BCUT2D eigenvalue weighted by Crippen LogP contribution is 2.23. The predicted octanol–water partition coefficient (Wildman–Crippen LogP) is 1.91. The molecule has 0 radical (unpaired) electrons. The Labute approximate surface area is 148 Å². The summed E-state index contributed by atoms with van der Waals surface area (Å²) >= 11 is 0. The fourth-order valence-corrected chi connectivity index (χ4v) is 2.60. The number of hydrogen-bond acceptors (Lipinski definition) is 5. The van der Waals surface area contributed by atoms with Gasteiger partial charge in [-0.25, -0.2) is 0 Å². The van der Waals surface area contributed by atoms with Gasteiger partial charge in [0.05, 0.1) is 6.20 Å². The van der Waals surface area contributed by atoms with Gasteiger partial charge in [-0.1, -0.05) is 0 Å². The van der Waals surface area contributed by atoms with E-state index in [2.05, 4.69) is 15.3 Å². The number of carbonyl (C=O) groups is 1. The Kier molecular flexibility index (Phi) is 5.60. The van der Waals surface area contributed by atoms with Crippen molar-refractivity contribution in [1.29, 1.82) is 0 Å². The van der Waals surface area contributed by atoms with Gasteiger partial charge in [0.1, 0.15) is 12.4 Å². The maximum atomic E-state index is 11.7. The van der Waals surface area contributed by atoms with Crippen molar-refractivity contribution in [2.45, 2.75) is 25.3 Å². The van der Waals surface area contributed by atoms with Gasteiger partial charge in [-0.15, -0.1) is 0 Å². The van der Waals surface area contributed by atoms with E-state index in [1.54, 1.807) is 31.4 Å². The van der Waals surface area contributed by atoms with Crippen LogP contribution >= 0.6 is 0 Å². The Bertz CT molecular complexity index is 729. The average molecular weight is 340 g/mol. The topological polar surface area (TPSA) is 67.4 Å². The van der Waals surface area contributed by atoms with Crippen LogP contribution in [0.2, 0.25) is 0 Å². The summed E-state index contributed by atoms with van der Waals surface area (Å²) in [5, 5.41) is 3.32. The molecule has 3 rings (SSSR count). The van der Waals surface area contributed by atoms with Gasteiger partial charge in [-0.3, -0.25) is 14.8 Å². The van der Waals surface area contributed by atoms with Crippen LogP contribution in [0.3, 0.4) is 0 Å². The summed E-state index contributed by atoms with van der Waals surface area (Å²) in [6.07, 6.45) is 7.57. The summed E-state index contributed by atoms with van der Waals surface area (Å²) in [7, 11) is 3.53. The molecule has 3 heterocycles. The Morgan fingerprint density at radius 2 is 2.16 bits per heavy atom. The van der Waals surface area contributed by atoms with Crippen molar-refractivity contribution in [3.05, 3.63) is 42.5 Å². The molecule has 1 amide bonds. The molecule has 0 saturated carbocycles. The van der Waals surface area contributed by atoms with E-state index in [9.17, 15) is 4.79 Å². The molecule has 132 valence electrons. The highest BCUT2D eigenvalue weighted by Gasteiger charge is 2.16. The molecule has 0 spiro atoms. The molecule has 1 atom stereocenters. The Balaban J connectivity index is 1.66. The normalized spacial score (nSPS) is 16.2. The molecule has 0 aliphatic carbocycles. The number of carbonyl (C=O) groups excluding carboxylic acids is 1. The Morgan fingerprint density at radius 1 is 1.32 bits per heavy atom. The summed E-state index contributed by atoms with van der Waals surface area (Å²) in [6.45, 7) is 1.74. The van der Waals surface area contributed by atoms with Crippen molar-refractivity contribution in [3.8, 4) is 16.9 Å². The van der Waals surface area contributed by atoms with Crippen LogP contribution < -0.4 is 10.1 Å². The molecule has 1 saturated heterocycles. The zero-order chi connectivity index (χ0) is 17.6. The standard InChI is InChI=1S/C19H24N4O2/c1-23(2)19(24)4-3-16-9-14(5-7-21-16)15-10-18(12-20-11-15)25-13-17-6-8-22-17/h5,7,9-12,17,22H,3-4,6,8,13H2,1-2H3/t17-/m0/s1. The summed E-state index contributed by atoms with van der Waals surface area (Å²) < 4.78 is 5.82. The third kappa shape index (κ3) is 4.76. The van der Waals surface area contributed by atoms with Gasteiger partial charge in [0, 0.05) is 50.2 Å². The van der Waals surface area contributed by atoms with Crippen molar-refractivity contribution < 1.29 is 9.53 Å². The predicted molar refractivity (Wildman–Crippen MR) is 96.4 cm³/mol. The molecule has 1 N–H and O–H groups in total. The molecular weight excluding hydrogens is 316 g/mol. The molecule has 2 aromatic rings. The lowest BCUT2D eigenvalue weighted by atomic mass is 10.1. The lowest BCUT2D eigenvalue weighted by molar-refractivity contribution is -0.128. The van der Waals surface area contributed by atoms with Crippen LogP contribution in [0.15, 0.2) is 36.8 Å². The zero-order valence-corrected chi connectivity index (χ0v) is 14.7. The largest absolute Gasteiger partial charge is 0.490 e. The fourth-order valence-electron chi connectivity index (χ4n) is 2.60. The number of aromatic nitrogens is 2. The second-order valence-electron chi connectivity index (χ2n) is 6.48. The molecule has 1 aliphatic heterocycles. The van der Waals surface area contributed by atoms with Crippen molar-refractivity contribution in [2.75, 3.05) is 27.2 Å². The van der Waals surface area contributed by atoms with E-state index in [1.807, 2.05) is 24.4 Å². The molecule has 1 fully saturated rings. The van der Waals surface area contributed by atoms with E-state index >= 15 is 0 Å². The van der Waals surface area contributed by atoms with Gasteiger partial charge in [-0.2, -0.15) is 0 Å². The van der Waals surface area contributed by atoms with Gasteiger partial charge in [0.2, 0.25) is 5.91 Å². The molecule has 0 unspecified atom stereocenters. The summed E-state index contributed by atoms with van der Waals surface area (Å²) in [5.74, 6) is 0.876. The summed E-state index contributed by atoms with van der Waals surface area (Å²) in [4.78, 5) is 22.0. The minimum atomic E-state index is 0.105. The summed E-state index contributed by atoms with van der Waals surface area (Å²) in [5.41, 5.74) is 2.92. The molecule has 0 aromatic carbocycles. The first-order valence-corrected chi connectivity index (χ1v) is 8.58. The molecule has 6 heteroatoms. The first-order chi connectivity index (χ1) is 12.1. The number of pyridine rings is 2. The molecular formula is C19H24N4O2. The maximum absolute atomic E-state index is 11.7. The highest BCUT2D eigenvalue weighted by atomic mass is 16.5. The Hall–Kier alpha value is -2.47. The van der Waals surface area contributed by atoms with Gasteiger partial charge in [-0.05, 0) is 43.1 Å². The van der Waals surface area contributed by atoms with E-state index in [-0.39, 0.29) is 5.91 Å². The van der Waals surface area contributed by atoms with Crippen LogP contribution in [0.1, 0.15) is 18.5 Å². The molecule has 1 aliphatic rings. The molecule has 2 aromatic heterocycles. The molecule has 6 nitrogen and oxygen atoms in total. The van der Waals surface area contributed by atoms with Crippen LogP contribution in [0.5, 0.6) is 5.75 Å². The molecule has 0 bridgehead atoms. The number of hydrogen-bond donors (Lipinski definition) is 1. The van der Waals surface area contributed by atoms with Crippen LogP contribution in [0.25, 0.3) is 11.1 Å². The third-order valence-corrected chi connectivity index (χ3v) is 4.33. The van der Waals surface area contributed by atoms with Crippen LogP contribution in [-0.4, -0.2) is 54.1 Å². The lowest BCUT2D eigenvalue weighted by Gasteiger charge is -2.27. The van der Waals surface area contributed by atoms with E-state index in [0.29, 0.717) is 25.5 Å². The highest BCUT2D eigenvalue weighted by molar-refractivity contribution is 5.75. The zero-order valence-electron chi connectivity index (χ0n) is 14.7. The van der Waals surface area contributed by atoms with Crippen LogP contribution in [0, 0.1) is 0 Å². The Morgan fingerprint density at radius 3 is 2.88 bits per heavy atom. The lowest BCUT2D eigenvalue weighted by Crippen LogP contribution is -2.46. The monoisotopic (exact) mass is 340 g/mol. The van der Waals surface area contributed by atoms with Gasteiger partial charge in [0.25, 0.3) is 0 Å².